The van der Waals surface area contributed by atoms with Crippen molar-refractivity contribution in [3.8, 4) is 10.8 Å². The first-order valence-corrected chi connectivity index (χ1v) is 8.84. The normalized spacial score (nSPS) is 10.7. The molecule has 0 aliphatic rings. The Bertz CT molecular complexity index is 840. The van der Waals surface area contributed by atoms with Crippen molar-refractivity contribution >= 4 is 35.0 Å². The molecule has 0 saturated carbocycles. The molecule has 0 fully saturated rings. The van der Waals surface area contributed by atoms with Crippen LogP contribution in [-0.4, -0.2) is 27.3 Å². The Hall–Kier alpha value is -2.19. The molecule has 1 aromatic carbocycles. The molecule has 118 valence electrons. The summed E-state index contributed by atoms with van der Waals surface area (Å²) in [6.45, 7) is 3.80. The van der Waals surface area contributed by atoms with Crippen molar-refractivity contribution in [3.05, 3.63) is 40.5 Å². The quantitative estimate of drug-likeness (QED) is 0.724. The van der Waals surface area contributed by atoms with E-state index in [0.717, 1.165) is 20.5 Å². The second-order valence-electron chi connectivity index (χ2n) is 4.74. The summed E-state index contributed by atoms with van der Waals surface area (Å²) in [6.07, 6.45) is 1.98. The molecule has 0 bridgehead atoms. The van der Waals surface area contributed by atoms with Crippen molar-refractivity contribution in [2.75, 3.05) is 11.6 Å². The maximum Gasteiger partial charge on any atom is 0.322 e. The summed E-state index contributed by atoms with van der Waals surface area (Å²) in [4.78, 5) is 18.4. The summed E-state index contributed by atoms with van der Waals surface area (Å²) in [5, 5.41) is 11.4. The van der Waals surface area contributed by atoms with Gasteiger partial charge in [0.1, 0.15) is 4.88 Å². The van der Waals surface area contributed by atoms with Crippen molar-refractivity contribution in [2.45, 2.75) is 18.7 Å². The molecule has 8 heteroatoms. The lowest BCUT2D eigenvalue weighted by Crippen LogP contribution is -2.11. The van der Waals surface area contributed by atoms with E-state index in [-0.39, 0.29) is 11.9 Å². The highest BCUT2D eigenvalue weighted by atomic mass is 32.2. The predicted octanol–water partition coefficient (Wildman–Crippen LogP) is 3.78. The molecule has 0 unspecified atom stereocenters. The molecular formula is C15H14N4O2S2. The number of carbonyl (C=O) groups is 1. The fourth-order valence-electron chi connectivity index (χ4n) is 2.01. The van der Waals surface area contributed by atoms with Gasteiger partial charge in [0, 0.05) is 10.5 Å². The number of nitrogens with one attached hydrogen (secondary N) is 1. The van der Waals surface area contributed by atoms with Gasteiger partial charge in [0.2, 0.25) is 0 Å². The van der Waals surface area contributed by atoms with E-state index in [4.69, 9.17) is 4.42 Å². The first kappa shape index (κ1) is 15.7. The zero-order chi connectivity index (χ0) is 16.4. The van der Waals surface area contributed by atoms with Crippen LogP contribution >= 0.6 is 23.1 Å². The SMILES string of the molecule is CSc1ccc(C(=O)Nc2nnc(-c3sc(C)nc3C)o2)cc1. The third-order valence-corrected chi connectivity index (χ3v) is 4.90. The van der Waals surface area contributed by atoms with Crippen molar-refractivity contribution in [1.29, 1.82) is 0 Å². The van der Waals surface area contributed by atoms with Crippen LogP contribution in [-0.2, 0) is 0 Å². The number of thiazole rings is 1. The number of aromatic nitrogens is 3. The number of amides is 1. The second-order valence-corrected chi connectivity index (χ2v) is 6.83. The average molecular weight is 346 g/mol. The van der Waals surface area contributed by atoms with Gasteiger partial charge in [0.25, 0.3) is 11.8 Å². The van der Waals surface area contributed by atoms with Gasteiger partial charge in [-0.15, -0.1) is 28.2 Å². The number of rotatable bonds is 4. The fraction of sp³-hybridized carbons (Fsp3) is 0.200. The van der Waals surface area contributed by atoms with Crippen LogP contribution in [0.2, 0.25) is 0 Å². The van der Waals surface area contributed by atoms with Gasteiger partial charge in [0.05, 0.1) is 10.7 Å². The summed E-state index contributed by atoms with van der Waals surface area (Å²) in [6, 6.07) is 7.37. The number of thioether (sulfide) groups is 1. The third kappa shape index (κ3) is 3.43. The van der Waals surface area contributed by atoms with Crippen molar-refractivity contribution in [2.24, 2.45) is 0 Å². The first-order chi connectivity index (χ1) is 11.1. The molecule has 0 spiro atoms. The number of hydrogen-bond acceptors (Lipinski definition) is 7. The number of nitrogens with zero attached hydrogens (tertiary/aromatic N) is 3. The van der Waals surface area contributed by atoms with Crippen LogP contribution in [0.1, 0.15) is 21.1 Å². The lowest BCUT2D eigenvalue weighted by atomic mass is 10.2. The van der Waals surface area contributed by atoms with E-state index in [1.807, 2.05) is 32.2 Å². The molecule has 3 rings (SSSR count). The largest absolute Gasteiger partial charge is 0.402 e. The van der Waals surface area contributed by atoms with Crippen LogP contribution in [0.4, 0.5) is 6.01 Å². The molecule has 2 aromatic heterocycles. The Kier molecular flexibility index (Phi) is 4.44. The average Bonchev–Trinajstić information content (AvgIpc) is 3.13. The van der Waals surface area contributed by atoms with Gasteiger partial charge in [-0.2, -0.15) is 0 Å². The highest BCUT2D eigenvalue weighted by molar-refractivity contribution is 7.98. The summed E-state index contributed by atoms with van der Waals surface area (Å²) in [5.41, 5.74) is 1.37. The van der Waals surface area contributed by atoms with Gasteiger partial charge in [-0.25, -0.2) is 4.98 Å². The second kappa shape index (κ2) is 6.51. The minimum Gasteiger partial charge on any atom is -0.402 e. The molecule has 1 N–H and O–H groups in total. The highest BCUT2D eigenvalue weighted by Gasteiger charge is 2.16. The smallest absolute Gasteiger partial charge is 0.322 e. The van der Waals surface area contributed by atoms with Gasteiger partial charge in [-0.1, -0.05) is 5.10 Å². The number of hydrogen-bond donors (Lipinski definition) is 1. The molecule has 3 aromatic rings. The minimum absolute atomic E-state index is 0.0735. The Balaban J connectivity index is 1.75. The monoisotopic (exact) mass is 346 g/mol. The van der Waals surface area contributed by atoms with E-state index >= 15 is 0 Å². The number of anilines is 1. The lowest BCUT2D eigenvalue weighted by molar-refractivity contribution is 0.102. The highest BCUT2D eigenvalue weighted by Crippen LogP contribution is 2.29. The van der Waals surface area contributed by atoms with Crippen LogP contribution in [0.15, 0.2) is 33.6 Å². The van der Waals surface area contributed by atoms with Gasteiger partial charge < -0.3 is 4.42 Å². The van der Waals surface area contributed by atoms with Gasteiger partial charge in [-0.3, -0.25) is 10.1 Å². The van der Waals surface area contributed by atoms with Gasteiger partial charge in [-0.05, 0) is 44.4 Å². The Morgan fingerprint density at radius 3 is 2.57 bits per heavy atom. The number of benzene rings is 1. The predicted molar refractivity (Wildman–Crippen MR) is 91.1 cm³/mol. The summed E-state index contributed by atoms with van der Waals surface area (Å²) < 4.78 is 5.51. The van der Waals surface area contributed by atoms with Crippen molar-refractivity contribution < 1.29 is 9.21 Å². The molecule has 23 heavy (non-hydrogen) atoms. The van der Waals surface area contributed by atoms with Crippen LogP contribution < -0.4 is 5.32 Å². The van der Waals surface area contributed by atoms with E-state index in [9.17, 15) is 4.79 Å². The maximum atomic E-state index is 12.2. The van der Waals surface area contributed by atoms with Crippen molar-refractivity contribution in [1.82, 2.24) is 15.2 Å². The zero-order valence-electron chi connectivity index (χ0n) is 12.8. The van der Waals surface area contributed by atoms with Crippen LogP contribution in [0, 0.1) is 13.8 Å². The molecule has 0 radical (unpaired) electrons. The topological polar surface area (TPSA) is 80.9 Å². The Morgan fingerprint density at radius 1 is 1.22 bits per heavy atom. The van der Waals surface area contributed by atoms with Crippen LogP contribution in [0.25, 0.3) is 10.8 Å². The van der Waals surface area contributed by atoms with Crippen LogP contribution in [0.5, 0.6) is 0 Å². The molecule has 0 aliphatic heterocycles. The molecule has 1 amide bonds. The van der Waals surface area contributed by atoms with Gasteiger partial charge in [0.15, 0.2) is 0 Å². The van der Waals surface area contributed by atoms with E-state index in [1.165, 1.54) is 11.3 Å². The summed E-state index contributed by atoms with van der Waals surface area (Å²) >= 11 is 3.10. The molecule has 0 atom stereocenters. The number of carbonyl (C=O) groups excluding carboxylic acids is 1. The Labute approximate surface area is 141 Å². The molecular weight excluding hydrogens is 332 g/mol. The van der Waals surface area contributed by atoms with Gasteiger partial charge >= 0.3 is 6.01 Å². The lowest BCUT2D eigenvalue weighted by Gasteiger charge is -2.01. The minimum atomic E-state index is -0.287. The van der Waals surface area contributed by atoms with E-state index in [1.54, 1.807) is 23.9 Å². The zero-order valence-corrected chi connectivity index (χ0v) is 14.4. The van der Waals surface area contributed by atoms with E-state index in [0.29, 0.717) is 11.5 Å². The first-order valence-electron chi connectivity index (χ1n) is 6.80. The molecule has 6 nitrogen and oxygen atoms in total. The van der Waals surface area contributed by atoms with Crippen LogP contribution in [0.3, 0.4) is 0 Å². The van der Waals surface area contributed by atoms with E-state index < -0.39 is 0 Å². The molecule has 2 heterocycles. The maximum absolute atomic E-state index is 12.2. The molecule has 0 saturated heterocycles. The Morgan fingerprint density at radius 2 is 1.96 bits per heavy atom. The molecule has 0 aliphatic carbocycles. The van der Waals surface area contributed by atoms with E-state index in [2.05, 4.69) is 20.5 Å². The fourth-order valence-corrected chi connectivity index (χ4v) is 3.26. The summed E-state index contributed by atoms with van der Waals surface area (Å²) in [5.74, 6) is 0.0752. The number of aryl methyl sites for hydroxylation is 2. The van der Waals surface area contributed by atoms with Crippen molar-refractivity contribution in [3.63, 3.8) is 0 Å². The standard InChI is InChI=1S/C15H14N4O2S2/c1-8-12(23-9(2)16-8)14-18-19-15(21-14)17-13(20)10-4-6-11(22-3)7-5-10/h4-7H,1-3H3,(H,17,19,20). The summed E-state index contributed by atoms with van der Waals surface area (Å²) in [7, 11) is 0. The third-order valence-electron chi connectivity index (χ3n) is 3.10.